The Morgan fingerprint density at radius 3 is 1.80 bits per heavy atom. The van der Waals surface area contributed by atoms with Gasteiger partial charge in [0, 0.05) is 6.54 Å². The minimum Gasteiger partial charge on any atom is -0.481 e. The van der Waals surface area contributed by atoms with Crippen LogP contribution in [0.2, 0.25) is 0 Å². The summed E-state index contributed by atoms with van der Waals surface area (Å²) in [7, 11) is 0. The number of carbonyl (C=O) groups is 9. The number of aliphatic hydroxyl groups excluding tert-OH is 1. The van der Waals surface area contributed by atoms with Gasteiger partial charge in [0.25, 0.3) is 0 Å². The third-order valence-corrected chi connectivity index (χ3v) is 8.16. The minimum atomic E-state index is -1.73. The van der Waals surface area contributed by atoms with E-state index in [-0.39, 0.29) is 13.0 Å². The molecule has 6 amide bonds. The number of carboxylic acids is 3. The van der Waals surface area contributed by atoms with Crippen LogP contribution in [0.4, 0.5) is 0 Å². The molecule has 1 heterocycles. The van der Waals surface area contributed by atoms with Gasteiger partial charge in [0.1, 0.15) is 36.3 Å². The maximum Gasteiger partial charge on any atom is 0.326 e. The molecule has 0 saturated carbocycles. The van der Waals surface area contributed by atoms with Crippen LogP contribution in [0.15, 0.2) is 0 Å². The topological polar surface area (TPSA) is 324 Å². The van der Waals surface area contributed by atoms with E-state index in [0.29, 0.717) is 12.8 Å². The zero-order valence-electron chi connectivity index (χ0n) is 28.6. The molecule has 1 aliphatic heterocycles. The molecule has 0 aliphatic carbocycles. The van der Waals surface area contributed by atoms with Crippen LogP contribution < -0.4 is 32.3 Å². The average Bonchev–Trinajstić information content (AvgIpc) is 3.53. The summed E-state index contributed by atoms with van der Waals surface area (Å²) in [6.45, 7) is 7.03. The van der Waals surface area contributed by atoms with Gasteiger partial charge in [-0.3, -0.25) is 38.4 Å². The van der Waals surface area contributed by atoms with Crippen LogP contribution in [0.3, 0.4) is 0 Å². The van der Waals surface area contributed by atoms with Crippen LogP contribution >= 0.6 is 0 Å². The first-order valence-electron chi connectivity index (χ1n) is 16.1. The number of hydrogen-bond donors (Lipinski definition) is 10. The largest absolute Gasteiger partial charge is 0.481 e. The molecule has 8 atom stereocenters. The number of nitrogens with zero attached hydrogens (tertiary/aromatic N) is 1. The van der Waals surface area contributed by atoms with Gasteiger partial charge in [-0.15, -0.1) is 0 Å². The molecule has 0 unspecified atom stereocenters. The summed E-state index contributed by atoms with van der Waals surface area (Å²) in [6, 6.07) is -9.79. The van der Waals surface area contributed by atoms with Crippen molar-refractivity contribution >= 4 is 53.4 Å². The van der Waals surface area contributed by atoms with Gasteiger partial charge in [0.2, 0.25) is 35.4 Å². The van der Waals surface area contributed by atoms with Crippen LogP contribution in [0.1, 0.15) is 66.7 Å². The molecule has 0 aromatic carbocycles. The summed E-state index contributed by atoms with van der Waals surface area (Å²) < 4.78 is 0. The van der Waals surface area contributed by atoms with Gasteiger partial charge in [0.05, 0.1) is 25.5 Å². The Morgan fingerprint density at radius 2 is 1.30 bits per heavy atom. The number of hydrogen-bond acceptors (Lipinski definition) is 11. The number of nitrogens with two attached hydrogens (primary N) is 1. The van der Waals surface area contributed by atoms with Crippen LogP contribution in [0, 0.1) is 11.8 Å². The molecule has 1 aliphatic rings. The third kappa shape index (κ3) is 12.9. The van der Waals surface area contributed by atoms with Gasteiger partial charge < -0.3 is 57.6 Å². The van der Waals surface area contributed by atoms with Crippen LogP contribution in [0.25, 0.3) is 0 Å². The zero-order valence-corrected chi connectivity index (χ0v) is 28.6. The Kier molecular flexibility index (Phi) is 17.2. The Morgan fingerprint density at radius 1 is 0.740 bits per heavy atom. The van der Waals surface area contributed by atoms with Crippen LogP contribution in [0.5, 0.6) is 0 Å². The monoisotopic (exact) mass is 715 g/mol. The lowest BCUT2D eigenvalue weighted by Crippen LogP contribution is -2.60. The van der Waals surface area contributed by atoms with E-state index in [9.17, 15) is 58.5 Å². The van der Waals surface area contributed by atoms with E-state index >= 15 is 0 Å². The Balaban J connectivity index is 3.07. The molecule has 50 heavy (non-hydrogen) atoms. The number of amides is 6. The number of carbonyl (C=O) groups excluding carboxylic acids is 6. The highest BCUT2D eigenvalue weighted by molar-refractivity contribution is 5.98. The van der Waals surface area contributed by atoms with E-state index in [1.807, 2.05) is 0 Å². The Bertz CT molecular complexity index is 1290. The Hall–Kier alpha value is -4.85. The van der Waals surface area contributed by atoms with Gasteiger partial charge in [-0.2, -0.15) is 0 Å². The second-order valence-electron chi connectivity index (χ2n) is 12.5. The standard InChI is InChI=1S/C30H49N7O13/c1-6-14(4)23(36-24(43)15(5)32-26(45)17(11-21(41)42)33-25(44)16(31)10-20(39)40)29(48)37-9-7-8-19(37)28(47)34-18(12-38)27(46)35-22(13(2)3)30(49)50/h13-19,22-23,38H,6-12,31H2,1-5H3,(H,32,45)(H,33,44)(H,34,47)(H,35,46)(H,36,43)(H,39,40)(H,41,42)(H,49,50)/t14-,15-,16-,17-,18-,19-,22-,23-/m0/s1. The van der Waals surface area contributed by atoms with Gasteiger partial charge in [-0.25, -0.2) is 4.79 Å². The maximum absolute atomic E-state index is 13.8. The SMILES string of the molecule is CC[C@H](C)[C@H](NC(=O)[C@H](C)NC(=O)[C@H](CC(=O)O)NC(=O)[C@@H](N)CC(=O)O)C(=O)N1CCC[C@H]1C(=O)N[C@@H](CO)C(=O)N[C@H](C(=O)O)C(C)C. The van der Waals surface area contributed by atoms with Crippen LogP contribution in [-0.2, 0) is 43.2 Å². The molecule has 0 aromatic heterocycles. The van der Waals surface area contributed by atoms with Crippen molar-refractivity contribution in [3.8, 4) is 0 Å². The second kappa shape index (κ2) is 20.0. The number of aliphatic carboxylic acids is 3. The smallest absolute Gasteiger partial charge is 0.326 e. The molecule has 0 bridgehead atoms. The summed E-state index contributed by atoms with van der Waals surface area (Å²) in [4.78, 5) is 113. The number of rotatable bonds is 20. The van der Waals surface area contributed by atoms with Gasteiger partial charge in [-0.05, 0) is 31.6 Å². The van der Waals surface area contributed by atoms with Crippen molar-refractivity contribution in [1.82, 2.24) is 31.5 Å². The fourth-order valence-corrected chi connectivity index (χ4v) is 5.00. The number of aliphatic hydroxyl groups is 1. The molecule has 1 rings (SSSR count). The molecule has 0 aromatic rings. The fraction of sp³-hybridized carbons (Fsp3) is 0.700. The fourth-order valence-electron chi connectivity index (χ4n) is 5.00. The molecule has 0 radical (unpaired) electrons. The number of nitrogens with one attached hydrogen (secondary N) is 5. The molecular formula is C30H49N7O13. The van der Waals surface area contributed by atoms with E-state index in [1.165, 1.54) is 11.8 Å². The zero-order chi connectivity index (χ0) is 38.5. The first kappa shape index (κ1) is 43.2. The third-order valence-electron chi connectivity index (χ3n) is 8.16. The van der Waals surface area contributed by atoms with E-state index in [2.05, 4.69) is 26.6 Å². The normalized spacial score (nSPS) is 18.3. The van der Waals surface area contributed by atoms with E-state index in [4.69, 9.17) is 10.8 Å². The highest BCUT2D eigenvalue weighted by atomic mass is 16.4. The molecule has 1 saturated heterocycles. The quantitative estimate of drug-likeness (QED) is 0.0584. The van der Waals surface area contributed by atoms with Crippen molar-refractivity contribution in [3.63, 3.8) is 0 Å². The first-order chi connectivity index (χ1) is 23.2. The van der Waals surface area contributed by atoms with Crippen molar-refractivity contribution < 1.29 is 63.6 Å². The van der Waals surface area contributed by atoms with Gasteiger partial charge >= 0.3 is 17.9 Å². The predicted molar refractivity (Wildman–Crippen MR) is 172 cm³/mol. The van der Waals surface area contributed by atoms with Gasteiger partial charge in [0.15, 0.2) is 0 Å². The Labute approximate surface area is 288 Å². The van der Waals surface area contributed by atoms with Crippen molar-refractivity contribution in [3.05, 3.63) is 0 Å². The van der Waals surface area contributed by atoms with Crippen LogP contribution in [-0.4, -0.2) is 134 Å². The highest BCUT2D eigenvalue weighted by Gasteiger charge is 2.41. The van der Waals surface area contributed by atoms with E-state index in [1.54, 1.807) is 27.7 Å². The minimum absolute atomic E-state index is 0.108. The second-order valence-corrected chi connectivity index (χ2v) is 12.5. The van der Waals surface area contributed by atoms with Crippen molar-refractivity contribution in [2.24, 2.45) is 17.6 Å². The summed E-state index contributed by atoms with van der Waals surface area (Å²) in [6.07, 6.45) is -0.761. The number of carboxylic acid groups (broad SMARTS) is 3. The lowest BCUT2D eigenvalue weighted by Gasteiger charge is -2.32. The average molecular weight is 716 g/mol. The lowest BCUT2D eigenvalue weighted by molar-refractivity contribution is -0.145. The molecule has 20 nitrogen and oxygen atoms in total. The predicted octanol–water partition coefficient (Wildman–Crippen LogP) is -3.52. The molecular weight excluding hydrogens is 666 g/mol. The molecule has 11 N–H and O–H groups in total. The summed E-state index contributed by atoms with van der Waals surface area (Å²) in [5.41, 5.74) is 5.49. The summed E-state index contributed by atoms with van der Waals surface area (Å²) in [5.74, 6) is -10.6. The van der Waals surface area contributed by atoms with E-state index < -0.39 is 127 Å². The summed E-state index contributed by atoms with van der Waals surface area (Å²) in [5, 5.41) is 48.7. The van der Waals surface area contributed by atoms with Crippen molar-refractivity contribution in [1.29, 1.82) is 0 Å². The molecule has 282 valence electrons. The first-order valence-corrected chi connectivity index (χ1v) is 16.1. The number of likely N-dealkylation sites (tertiary alicyclic amines) is 1. The van der Waals surface area contributed by atoms with Gasteiger partial charge in [-0.1, -0.05) is 34.1 Å². The van der Waals surface area contributed by atoms with Crippen molar-refractivity contribution in [2.45, 2.75) is 109 Å². The summed E-state index contributed by atoms with van der Waals surface area (Å²) >= 11 is 0. The molecule has 0 spiro atoms. The maximum atomic E-state index is 13.8. The molecule has 20 heteroatoms. The lowest BCUT2D eigenvalue weighted by atomic mass is 9.97. The van der Waals surface area contributed by atoms with E-state index in [0.717, 1.165) is 0 Å². The van der Waals surface area contributed by atoms with Crippen molar-refractivity contribution in [2.75, 3.05) is 13.2 Å². The molecule has 1 fully saturated rings. The highest BCUT2D eigenvalue weighted by Crippen LogP contribution is 2.22.